The third kappa shape index (κ3) is 3.31. The molecule has 168 valence electrons. The summed E-state index contributed by atoms with van der Waals surface area (Å²) in [6.07, 6.45) is 4.86. The van der Waals surface area contributed by atoms with Gasteiger partial charge in [0.05, 0.1) is 30.4 Å². The molecule has 1 saturated carbocycles. The van der Waals surface area contributed by atoms with E-state index >= 15 is 0 Å². The Hall–Kier alpha value is -3.09. The second-order valence-corrected chi connectivity index (χ2v) is 9.60. The van der Waals surface area contributed by atoms with Crippen LogP contribution in [0, 0.1) is 11.8 Å². The molecule has 3 aromatic rings. The summed E-state index contributed by atoms with van der Waals surface area (Å²) in [5.41, 5.74) is 0.557. The standard InChI is InChI=1S/C25H30N4O3/c1-16-8-6-11-19(17(16)2)27-24(31)25(3)15-28-21-12-5-4-10-20(21)26-22(28)23(30)29(25)14-18-9-7-13-32-18/h4-5,7,9-10,12-13,16-17,19H,6,8,11,14-15H2,1-3H3,(H,27,31). The number of nitrogens with zero attached hydrogens (tertiary/aromatic N) is 3. The lowest BCUT2D eigenvalue weighted by atomic mass is 9.77. The van der Waals surface area contributed by atoms with Gasteiger partial charge in [0.1, 0.15) is 11.3 Å². The molecule has 2 amide bonds. The normalized spacial score (nSPS) is 28.0. The summed E-state index contributed by atoms with van der Waals surface area (Å²) in [5, 5.41) is 3.31. The van der Waals surface area contributed by atoms with Crippen molar-refractivity contribution in [3.8, 4) is 0 Å². The minimum atomic E-state index is -1.07. The molecule has 0 bridgehead atoms. The van der Waals surface area contributed by atoms with Gasteiger partial charge in [0.15, 0.2) is 5.82 Å². The molecule has 1 fully saturated rings. The summed E-state index contributed by atoms with van der Waals surface area (Å²) >= 11 is 0. The summed E-state index contributed by atoms with van der Waals surface area (Å²) < 4.78 is 7.42. The molecule has 3 heterocycles. The molecule has 0 spiro atoms. The van der Waals surface area contributed by atoms with Crippen molar-refractivity contribution in [2.24, 2.45) is 11.8 Å². The lowest BCUT2D eigenvalue weighted by Crippen LogP contribution is -2.65. The van der Waals surface area contributed by atoms with E-state index in [2.05, 4.69) is 24.1 Å². The minimum Gasteiger partial charge on any atom is -0.467 e. The first-order chi connectivity index (χ1) is 15.4. The Morgan fingerprint density at radius 1 is 1.22 bits per heavy atom. The average Bonchev–Trinajstić information content (AvgIpc) is 3.42. The molecule has 4 unspecified atom stereocenters. The van der Waals surface area contributed by atoms with E-state index in [1.807, 2.05) is 41.8 Å². The van der Waals surface area contributed by atoms with Crippen LogP contribution >= 0.6 is 0 Å². The molecular weight excluding hydrogens is 404 g/mol. The summed E-state index contributed by atoms with van der Waals surface area (Å²) in [6, 6.07) is 11.4. The van der Waals surface area contributed by atoms with Crippen molar-refractivity contribution in [1.82, 2.24) is 19.8 Å². The van der Waals surface area contributed by atoms with Gasteiger partial charge in [-0.05, 0) is 49.4 Å². The van der Waals surface area contributed by atoms with E-state index in [0.717, 1.165) is 23.9 Å². The average molecular weight is 435 g/mol. The summed E-state index contributed by atoms with van der Waals surface area (Å²) in [4.78, 5) is 33.7. The Morgan fingerprint density at radius 3 is 2.81 bits per heavy atom. The number of benzene rings is 1. The number of aromatic nitrogens is 2. The van der Waals surface area contributed by atoms with Gasteiger partial charge < -0.3 is 19.2 Å². The highest BCUT2D eigenvalue weighted by Gasteiger charge is 2.49. The van der Waals surface area contributed by atoms with Crippen molar-refractivity contribution in [2.45, 2.75) is 64.7 Å². The predicted octanol–water partition coefficient (Wildman–Crippen LogP) is 3.98. The maximum Gasteiger partial charge on any atom is 0.291 e. The van der Waals surface area contributed by atoms with Crippen molar-refractivity contribution in [1.29, 1.82) is 0 Å². The van der Waals surface area contributed by atoms with Crippen LogP contribution in [0.25, 0.3) is 11.0 Å². The third-order valence-corrected chi connectivity index (χ3v) is 7.56. The van der Waals surface area contributed by atoms with Crippen LogP contribution in [0.1, 0.15) is 56.4 Å². The zero-order valence-electron chi connectivity index (χ0n) is 18.9. The summed E-state index contributed by atoms with van der Waals surface area (Å²) in [5.74, 6) is 1.60. The van der Waals surface area contributed by atoms with E-state index in [9.17, 15) is 9.59 Å². The Balaban J connectivity index is 1.53. The van der Waals surface area contributed by atoms with Crippen molar-refractivity contribution in [3.63, 3.8) is 0 Å². The van der Waals surface area contributed by atoms with Gasteiger partial charge in [-0.3, -0.25) is 9.59 Å². The van der Waals surface area contributed by atoms with E-state index in [1.54, 1.807) is 17.2 Å². The first kappa shape index (κ1) is 20.8. The fraction of sp³-hybridized carbons (Fsp3) is 0.480. The summed E-state index contributed by atoms with van der Waals surface area (Å²) in [6.45, 7) is 6.89. The molecule has 1 aromatic carbocycles. The Labute approximate surface area is 187 Å². The minimum absolute atomic E-state index is 0.115. The van der Waals surface area contributed by atoms with Gasteiger partial charge in [-0.15, -0.1) is 0 Å². The first-order valence-corrected chi connectivity index (χ1v) is 11.5. The second-order valence-electron chi connectivity index (χ2n) is 9.60. The maximum atomic E-state index is 13.8. The number of fused-ring (bicyclic) bond motifs is 3. The van der Waals surface area contributed by atoms with E-state index in [0.29, 0.717) is 30.0 Å². The van der Waals surface area contributed by atoms with Gasteiger partial charge in [0.25, 0.3) is 5.91 Å². The largest absolute Gasteiger partial charge is 0.467 e. The highest BCUT2D eigenvalue weighted by Crippen LogP contribution is 2.34. The monoisotopic (exact) mass is 434 g/mol. The van der Waals surface area contributed by atoms with Crippen molar-refractivity contribution >= 4 is 22.8 Å². The quantitative estimate of drug-likeness (QED) is 0.673. The smallest absolute Gasteiger partial charge is 0.291 e. The Kier molecular flexibility index (Phi) is 5.07. The van der Waals surface area contributed by atoms with Gasteiger partial charge in [-0.2, -0.15) is 0 Å². The number of furan rings is 1. The molecule has 32 heavy (non-hydrogen) atoms. The number of hydrogen-bond donors (Lipinski definition) is 1. The number of nitrogens with one attached hydrogen (secondary N) is 1. The zero-order chi connectivity index (χ0) is 22.5. The molecule has 1 aliphatic carbocycles. The van der Waals surface area contributed by atoms with Crippen molar-refractivity contribution in [3.05, 3.63) is 54.2 Å². The highest BCUT2D eigenvalue weighted by atomic mass is 16.3. The molecule has 2 aliphatic rings. The molecule has 1 N–H and O–H groups in total. The van der Waals surface area contributed by atoms with Crippen LogP contribution in [0.5, 0.6) is 0 Å². The fourth-order valence-electron chi connectivity index (χ4n) is 5.25. The van der Waals surface area contributed by atoms with Crippen LogP contribution in [-0.2, 0) is 17.9 Å². The fourth-order valence-corrected chi connectivity index (χ4v) is 5.25. The molecule has 7 nitrogen and oxygen atoms in total. The summed E-state index contributed by atoms with van der Waals surface area (Å²) in [7, 11) is 0. The SMILES string of the molecule is CC1CCCC(NC(=O)C2(C)Cn3c(nc4ccccc43)C(=O)N2Cc2ccco2)C1C. The van der Waals surface area contributed by atoms with Gasteiger partial charge in [-0.25, -0.2) is 4.98 Å². The van der Waals surface area contributed by atoms with Gasteiger partial charge in [-0.1, -0.05) is 38.8 Å². The number of rotatable bonds is 4. The number of imidazole rings is 1. The van der Waals surface area contributed by atoms with Crippen LogP contribution in [-0.4, -0.2) is 37.8 Å². The number of amides is 2. The van der Waals surface area contributed by atoms with E-state index in [1.165, 1.54) is 6.42 Å². The molecule has 1 aliphatic heterocycles. The van der Waals surface area contributed by atoms with E-state index in [4.69, 9.17) is 4.42 Å². The maximum absolute atomic E-state index is 13.8. The van der Waals surface area contributed by atoms with Gasteiger partial charge >= 0.3 is 0 Å². The molecule has 0 radical (unpaired) electrons. The zero-order valence-corrected chi connectivity index (χ0v) is 18.9. The molecule has 4 atom stereocenters. The lowest BCUT2D eigenvalue weighted by Gasteiger charge is -2.45. The van der Waals surface area contributed by atoms with Crippen LogP contribution < -0.4 is 5.32 Å². The molecule has 5 rings (SSSR count). The van der Waals surface area contributed by atoms with Crippen LogP contribution in [0.2, 0.25) is 0 Å². The Morgan fingerprint density at radius 2 is 2.03 bits per heavy atom. The predicted molar refractivity (Wildman–Crippen MR) is 121 cm³/mol. The molecule has 7 heteroatoms. The number of para-hydroxylation sites is 2. The molecule has 0 saturated heterocycles. The van der Waals surface area contributed by atoms with Gasteiger partial charge in [0.2, 0.25) is 5.91 Å². The van der Waals surface area contributed by atoms with E-state index in [-0.39, 0.29) is 24.4 Å². The van der Waals surface area contributed by atoms with Crippen LogP contribution in [0.15, 0.2) is 47.1 Å². The number of carbonyl (C=O) groups excluding carboxylic acids is 2. The number of hydrogen-bond acceptors (Lipinski definition) is 4. The first-order valence-electron chi connectivity index (χ1n) is 11.5. The molecular formula is C25H30N4O3. The number of carbonyl (C=O) groups is 2. The van der Waals surface area contributed by atoms with E-state index < -0.39 is 5.54 Å². The Bertz CT molecular complexity index is 1150. The topological polar surface area (TPSA) is 80.4 Å². The van der Waals surface area contributed by atoms with Crippen LogP contribution in [0.4, 0.5) is 0 Å². The lowest BCUT2D eigenvalue weighted by molar-refractivity contribution is -0.134. The third-order valence-electron chi connectivity index (χ3n) is 7.56. The second kappa shape index (κ2) is 7.80. The van der Waals surface area contributed by atoms with Crippen molar-refractivity contribution in [2.75, 3.05) is 0 Å². The van der Waals surface area contributed by atoms with Gasteiger partial charge in [0, 0.05) is 6.04 Å². The molecule has 2 aromatic heterocycles. The van der Waals surface area contributed by atoms with Crippen LogP contribution in [0.3, 0.4) is 0 Å². The van der Waals surface area contributed by atoms with Crippen molar-refractivity contribution < 1.29 is 14.0 Å². The highest BCUT2D eigenvalue weighted by molar-refractivity contribution is 6.01.